The van der Waals surface area contributed by atoms with Crippen molar-refractivity contribution in [3.63, 3.8) is 0 Å². The molecule has 0 saturated carbocycles. The van der Waals surface area contributed by atoms with Gasteiger partial charge in [-0.1, -0.05) is 18.2 Å². The van der Waals surface area contributed by atoms with Gasteiger partial charge in [-0.3, -0.25) is 0 Å². The van der Waals surface area contributed by atoms with E-state index in [0.717, 1.165) is 3.97 Å². The largest absolute Gasteiger partial charge is 0.466 e. The van der Waals surface area contributed by atoms with Crippen molar-refractivity contribution in [2.24, 2.45) is 0 Å². The minimum atomic E-state index is -3.86. The number of rotatable bonds is 4. The van der Waals surface area contributed by atoms with Crippen molar-refractivity contribution < 1.29 is 17.9 Å². The minimum absolute atomic E-state index is 0.140. The third-order valence-electron chi connectivity index (χ3n) is 3.42. The number of nitrogens with zero attached hydrogens (tertiary/aromatic N) is 2. The highest BCUT2D eigenvalue weighted by Crippen LogP contribution is 2.25. The molecule has 0 radical (unpaired) electrons. The molecule has 3 aromatic rings. The first kappa shape index (κ1) is 15.9. The molecular formula is C17H14N2O4S. The molecule has 122 valence electrons. The molecule has 0 saturated heterocycles. The number of aromatic nitrogens is 2. The molecule has 0 spiro atoms. The van der Waals surface area contributed by atoms with Crippen LogP contribution in [0.1, 0.15) is 5.69 Å². The molecule has 0 fully saturated rings. The first-order valence-corrected chi connectivity index (χ1v) is 8.51. The summed E-state index contributed by atoms with van der Waals surface area (Å²) in [6.45, 7) is 0. The molecule has 24 heavy (non-hydrogen) atoms. The Bertz CT molecular complexity index is 1020. The van der Waals surface area contributed by atoms with Gasteiger partial charge in [0.2, 0.25) is 0 Å². The van der Waals surface area contributed by atoms with Crippen LogP contribution < -0.4 is 0 Å². The van der Waals surface area contributed by atoms with Gasteiger partial charge in [-0.25, -0.2) is 22.2 Å². The third-order valence-corrected chi connectivity index (χ3v) is 5.15. The zero-order chi connectivity index (χ0) is 17.2. The lowest BCUT2D eigenvalue weighted by atomic mass is 10.3. The monoisotopic (exact) mass is 342 g/mol. The molecule has 0 N–H and O–H groups in total. The Morgan fingerprint density at radius 1 is 1.17 bits per heavy atom. The molecule has 2 aromatic heterocycles. The molecule has 2 heterocycles. The summed E-state index contributed by atoms with van der Waals surface area (Å²) in [5, 5.41) is 0.654. The topological polar surface area (TPSA) is 78.3 Å². The maximum Gasteiger partial charge on any atom is 0.330 e. The second-order valence-electron chi connectivity index (χ2n) is 4.92. The molecule has 0 aliphatic heterocycles. The average molecular weight is 342 g/mol. The van der Waals surface area contributed by atoms with Crippen LogP contribution in [0.3, 0.4) is 0 Å². The van der Waals surface area contributed by atoms with E-state index in [0.29, 0.717) is 16.7 Å². The van der Waals surface area contributed by atoms with Gasteiger partial charge in [0, 0.05) is 17.7 Å². The summed E-state index contributed by atoms with van der Waals surface area (Å²) in [7, 11) is -2.60. The van der Waals surface area contributed by atoms with E-state index in [1.165, 1.54) is 37.6 Å². The number of methoxy groups -OCH3 is 1. The lowest BCUT2D eigenvalue weighted by Crippen LogP contribution is -2.14. The van der Waals surface area contributed by atoms with E-state index in [-0.39, 0.29) is 4.90 Å². The molecule has 3 rings (SSSR count). The van der Waals surface area contributed by atoms with Crippen molar-refractivity contribution in [2.75, 3.05) is 7.11 Å². The van der Waals surface area contributed by atoms with Crippen LogP contribution in [0.25, 0.3) is 17.1 Å². The summed E-state index contributed by atoms with van der Waals surface area (Å²) < 4.78 is 31.7. The summed E-state index contributed by atoms with van der Waals surface area (Å²) in [5.41, 5.74) is 0.615. The van der Waals surface area contributed by atoms with Crippen LogP contribution in [-0.4, -0.2) is 30.5 Å². The van der Waals surface area contributed by atoms with Crippen molar-refractivity contribution in [3.8, 4) is 0 Å². The lowest BCUT2D eigenvalue weighted by molar-refractivity contribution is -0.134. The van der Waals surface area contributed by atoms with Crippen molar-refractivity contribution in [3.05, 3.63) is 66.5 Å². The van der Waals surface area contributed by atoms with Crippen molar-refractivity contribution >= 4 is 33.1 Å². The highest BCUT2D eigenvalue weighted by Gasteiger charge is 2.22. The van der Waals surface area contributed by atoms with Crippen molar-refractivity contribution in [1.29, 1.82) is 0 Å². The van der Waals surface area contributed by atoms with E-state index in [1.807, 2.05) is 0 Å². The Hall–Kier alpha value is -2.93. The van der Waals surface area contributed by atoms with Crippen LogP contribution in [-0.2, 0) is 19.6 Å². The number of carbonyl (C=O) groups is 1. The van der Waals surface area contributed by atoms with Crippen LogP contribution in [0.4, 0.5) is 0 Å². The molecule has 0 aliphatic carbocycles. The highest BCUT2D eigenvalue weighted by molar-refractivity contribution is 7.90. The Morgan fingerprint density at radius 2 is 1.92 bits per heavy atom. The lowest BCUT2D eigenvalue weighted by Gasteiger charge is -2.09. The fourth-order valence-corrected chi connectivity index (χ4v) is 3.80. The number of hydrogen-bond acceptors (Lipinski definition) is 5. The molecule has 7 heteroatoms. The predicted octanol–water partition coefficient (Wildman–Crippen LogP) is 2.46. The van der Waals surface area contributed by atoms with E-state index in [9.17, 15) is 13.2 Å². The zero-order valence-corrected chi connectivity index (χ0v) is 13.6. The number of carbonyl (C=O) groups excluding carboxylic acids is 1. The molecule has 0 aliphatic rings. The number of pyridine rings is 1. The van der Waals surface area contributed by atoms with Gasteiger partial charge in [0.05, 0.1) is 17.7 Å². The minimum Gasteiger partial charge on any atom is -0.466 e. The van der Waals surface area contributed by atoms with Gasteiger partial charge in [0.15, 0.2) is 5.65 Å². The average Bonchev–Trinajstić information content (AvgIpc) is 2.99. The van der Waals surface area contributed by atoms with E-state index in [2.05, 4.69) is 9.72 Å². The number of esters is 1. The van der Waals surface area contributed by atoms with Crippen LogP contribution in [0.15, 0.2) is 65.7 Å². The standard InChI is InChI=1S/C17H14N2O4S/c1-23-16(20)10-9-14-12-13-6-5-11-18-17(13)19(14)24(21,22)15-7-3-2-4-8-15/h2-12H,1H3/b10-9+. The smallest absolute Gasteiger partial charge is 0.330 e. The summed E-state index contributed by atoms with van der Waals surface area (Å²) >= 11 is 0. The number of hydrogen-bond donors (Lipinski definition) is 0. The second kappa shape index (κ2) is 6.29. The Kier molecular flexibility index (Phi) is 4.18. The maximum atomic E-state index is 13.0. The van der Waals surface area contributed by atoms with Gasteiger partial charge in [0.25, 0.3) is 10.0 Å². The fourth-order valence-electron chi connectivity index (χ4n) is 2.32. The summed E-state index contributed by atoms with van der Waals surface area (Å²) in [4.78, 5) is 15.7. The van der Waals surface area contributed by atoms with Gasteiger partial charge in [0.1, 0.15) is 0 Å². The number of ether oxygens (including phenoxy) is 1. The van der Waals surface area contributed by atoms with Crippen LogP contribution in [0.2, 0.25) is 0 Å². The van der Waals surface area contributed by atoms with Gasteiger partial charge in [-0.05, 0) is 36.4 Å². The van der Waals surface area contributed by atoms with Crippen LogP contribution >= 0.6 is 0 Å². The molecule has 1 aromatic carbocycles. The van der Waals surface area contributed by atoms with Crippen molar-refractivity contribution in [1.82, 2.24) is 8.96 Å². The molecule has 6 nitrogen and oxygen atoms in total. The van der Waals surface area contributed by atoms with Crippen LogP contribution in [0.5, 0.6) is 0 Å². The number of benzene rings is 1. The van der Waals surface area contributed by atoms with Gasteiger partial charge in [-0.15, -0.1) is 0 Å². The molecule has 0 atom stereocenters. The summed E-state index contributed by atoms with van der Waals surface area (Å²) in [5.74, 6) is -0.572. The number of fused-ring (bicyclic) bond motifs is 1. The Morgan fingerprint density at radius 3 is 2.62 bits per heavy atom. The molecule has 0 amide bonds. The first-order valence-electron chi connectivity index (χ1n) is 7.07. The highest BCUT2D eigenvalue weighted by atomic mass is 32.2. The summed E-state index contributed by atoms with van der Waals surface area (Å²) in [6.07, 6.45) is 4.09. The van der Waals surface area contributed by atoms with Crippen LogP contribution in [0, 0.1) is 0 Å². The van der Waals surface area contributed by atoms with E-state index in [4.69, 9.17) is 0 Å². The molecule has 0 bridgehead atoms. The molecule has 0 unspecified atom stereocenters. The second-order valence-corrected chi connectivity index (χ2v) is 6.71. The third kappa shape index (κ3) is 2.81. The normalized spacial score (nSPS) is 11.9. The quantitative estimate of drug-likeness (QED) is 0.537. The van der Waals surface area contributed by atoms with Gasteiger partial charge >= 0.3 is 5.97 Å². The van der Waals surface area contributed by atoms with E-state index >= 15 is 0 Å². The maximum absolute atomic E-state index is 13.0. The zero-order valence-electron chi connectivity index (χ0n) is 12.8. The Labute approximate surface area is 139 Å². The summed E-state index contributed by atoms with van der Waals surface area (Å²) in [6, 6.07) is 13.2. The van der Waals surface area contributed by atoms with Gasteiger partial charge < -0.3 is 4.74 Å². The van der Waals surface area contributed by atoms with Crippen molar-refractivity contribution in [2.45, 2.75) is 4.90 Å². The SMILES string of the molecule is COC(=O)/C=C/c1cc2cccnc2n1S(=O)(=O)c1ccccc1. The van der Waals surface area contributed by atoms with Gasteiger partial charge in [-0.2, -0.15) is 0 Å². The fraction of sp³-hybridized carbons (Fsp3) is 0.0588. The predicted molar refractivity (Wildman–Crippen MR) is 89.8 cm³/mol. The van der Waals surface area contributed by atoms with E-state index in [1.54, 1.807) is 36.4 Å². The van der Waals surface area contributed by atoms with E-state index < -0.39 is 16.0 Å². The molecular weight excluding hydrogens is 328 g/mol. The first-order chi connectivity index (χ1) is 11.5. The Balaban J connectivity index is 2.26.